The first-order valence-electron chi connectivity index (χ1n) is 4.83. The quantitative estimate of drug-likeness (QED) is 0.212. The Morgan fingerprint density at radius 2 is 1.88 bits per heavy atom. The van der Waals surface area contributed by atoms with Crippen LogP contribution in [-0.4, -0.2) is 43.9 Å². The molecule has 0 aliphatic rings. The Bertz CT molecular complexity index is 251. The van der Waals surface area contributed by atoms with Gasteiger partial charge in [0.2, 0.25) is 0 Å². The molecule has 0 saturated carbocycles. The second-order valence-corrected chi connectivity index (χ2v) is 7.97. The van der Waals surface area contributed by atoms with Crippen LogP contribution in [0.4, 0.5) is 0 Å². The molecular formula is C7H18N4O5Ti. The van der Waals surface area contributed by atoms with Crippen molar-refractivity contribution in [2.75, 3.05) is 27.9 Å². The van der Waals surface area contributed by atoms with Crippen LogP contribution in [0, 0.1) is 15.5 Å². The van der Waals surface area contributed by atoms with E-state index in [1.54, 1.807) is 0 Å². The van der Waals surface area contributed by atoms with E-state index >= 15 is 0 Å². The van der Waals surface area contributed by atoms with Crippen LogP contribution in [0.1, 0.15) is 6.42 Å². The molecule has 0 spiro atoms. The number of hydrazine groups is 1. The molecule has 0 aromatic rings. The van der Waals surface area contributed by atoms with Gasteiger partial charge in [-0.25, -0.2) is 0 Å². The number of nitrogens with one attached hydrogen (secondary N) is 1. The molecule has 0 bridgehead atoms. The summed E-state index contributed by atoms with van der Waals surface area (Å²) < 4.78 is 16.1. The third-order valence-corrected chi connectivity index (χ3v) is 6.68. The second-order valence-electron chi connectivity index (χ2n) is 3.15. The van der Waals surface area contributed by atoms with Crippen molar-refractivity contribution in [2.24, 2.45) is 5.73 Å². The molecule has 0 aliphatic carbocycles. The second kappa shape index (κ2) is 7.56. The number of nitrogens with two attached hydrogens (primary N) is 1. The topological polar surface area (TPSA) is 124 Å². The number of nitrogens with zero attached hydrogens (tertiary/aromatic N) is 2. The molecular weight excluding hydrogens is 268 g/mol. The Morgan fingerprint density at radius 1 is 1.41 bits per heavy atom. The van der Waals surface area contributed by atoms with Gasteiger partial charge in [0.1, 0.15) is 0 Å². The third kappa shape index (κ3) is 4.96. The molecule has 0 aromatic carbocycles. The molecule has 0 radical (unpaired) electrons. The van der Waals surface area contributed by atoms with Gasteiger partial charge in [-0.1, -0.05) is 0 Å². The Morgan fingerprint density at radius 3 is 2.18 bits per heavy atom. The summed E-state index contributed by atoms with van der Waals surface area (Å²) in [5.41, 5.74) is 5.07. The van der Waals surface area contributed by atoms with Crippen molar-refractivity contribution in [2.45, 2.75) is 11.1 Å². The summed E-state index contributed by atoms with van der Waals surface area (Å²) in [5.74, 6) is -0.597. The number of hydrogen-bond donors (Lipinski definition) is 2. The zero-order valence-corrected chi connectivity index (χ0v) is 11.7. The van der Waals surface area contributed by atoms with Crippen molar-refractivity contribution in [3.05, 3.63) is 10.1 Å². The maximum atomic E-state index is 10.5. The fourth-order valence-electron chi connectivity index (χ4n) is 1.29. The van der Waals surface area contributed by atoms with E-state index in [0.717, 1.165) is 0 Å². The van der Waals surface area contributed by atoms with Crippen LogP contribution < -0.4 is 5.73 Å². The van der Waals surface area contributed by atoms with Crippen LogP contribution in [0.25, 0.3) is 0 Å². The molecule has 0 rings (SSSR count). The number of guanidine groups is 1. The van der Waals surface area contributed by atoms with Gasteiger partial charge in [0, 0.05) is 0 Å². The van der Waals surface area contributed by atoms with E-state index in [4.69, 9.17) is 21.1 Å². The summed E-state index contributed by atoms with van der Waals surface area (Å²) in [4.78, 5) is 10.5. The van der Waals surface area contributed by atoms with Crippen molar-refractivity contribution in [1.29, 1.82) is 5.41 Å². The molecule has 0 aliphatic heterocycles. The van der Waals surface area contributed by atoms with Gasteiger partial charge in [0.15, 0.2) is 0 Å². The summed E-state index contributed by atoms with van der Waals surface area (Å²) in [6.45, 7) is 0.0193. The first-order valence-corrected chi connectivity index (χ1v) is 7.85. The summed E-state index contributed by atoms with van der Waals surface area (Å²) in [6.07, 6.45) is 0.399. The Labute approximate surface area is 104 Å². The number of hydrogen-bond acceptors (Lipinski definition) is 6. The van der Waals surface area contributed by atoms with E-state index in [0.29, 0.717) is 16.2 Å². The molecule has 9 nitrogen and oxygen atoms in total. The van der Waals surface area contributed by atoms with Crippen LogP contribution in [0.5, 0.6) is 0 Å². The van der Waals surface area contributed by atoms with Gasteiger partial charge in [-0.2, -0.15) is 0 Å². The molecule has 0 amide bonds. The average Bonchev–Trinajstić information content (AvgIpc) is 2.29. The predicted molar refractivity (Wildman–Crippen MR) is 56.1 cm³/mol. The van der Waals surface area contributed by atoms with Crippen molar-refractivity contribution in [3.8, 4) is 0 Å². The SMILES string of the molecule is C[O][Ti]([CH2]CCN(C(=N)N)[N+](=O)[O-])([O]C)[O]C. The normalized spacial score (nSPS) is 11.2. The molecule has 3 N–H and O–H groups in total. The molecule has 0 atom stereocenters. The molecule has 0 unspecified atom stereocenters. The monoisotopic (exact) mass is 286 g/mol. The molecule has 17 heavy (non-hydrogen) atoms. The van der Waals surface area contributed by atoms with Crippen molar-refractivity contribution >= 4 is 5.96 Å². The average molecular weight is 286 g/mol. The van der Waals surface area contributed by atoms with Crippen LogP contribution >= 0.6 is 0 Å². The first-order chi connectivity index (χ1) is 7.92. The van der Waals surface area contributed by atoms with Crippen LogP contribution in [0.2, 0.25) is 4.73 Å². The molecule has 0 aromatic heterocycles. The van der Waals surface area contributed by atoms with Gasteiger partial charge in [-0.3, -0.25) is 0 Å². The Kier molecular flexibility index (Phi) is 7.24. The summed E-state index contributed by atoms with van der Waals surface area (Å²) >= 11 is -3.24. The van der Waals surface area contributed by atoms with E-state index in [1.807, 2.05) is 0 Å². The molecule has 100 valence electrons. The van der Waals surface area contributed by atoms with Crippen LogP contribution in [0.15, 0.2) is 0 Å². The molecule has 10 heteroatoms. The maximum absolute atomic E-state index is 10.5. The molecule has 0 saturated heterocycles. The molecule has 0 heterocycles. The van der Waals surface area contributed by atoms with E-state index in [-0.39, 0.29) is 6.54 Å². The van der Waals surface area contributed by atoms with Crippen molar-refractivity contribution in [3.63, 3.8) is 0 Å². The number of nitro groups is 1. The fourth-order valence-corrected chi connectivity index (χ4v) is 3.95. The van der Waals surface area contributed by atoms with Gasteiger partial charge < -0.3 is 0 Å². The minimum absolute atomic E-state index is 0.0193. The van der Waals surface area contributed by atoms with Gasteiger partial charge >= 0.3 is 104 Å². The fraction of sp³-hybridized carbons (Fsp3) is 0.857. The Hall–Kier alpha value is -0.736. The van der Waals surface area contributed by atoms with Gasteiger partial charge in [-0.15, -0.1) is 0 Å². The zero-order chi connectivity index (χ0) is 13.5. The van der Waals surface area contributed by atoms with Gasteiger partial charge in [-0.05, 0) is 0 Å². The predicted octanol–water partition coefficient (Wildman–Crippen LogP) is 0.0201. The van der Waals surface area contributed by atoms with Gasteiger partial charge in [0.25, 0.3) is 0 Å². The first kappa shape index (κ1) is 16.3. The number of rotatable bonds is 8. The van der Waals surface area contributed by atoms with E-state index in [1.165, 1.54) is 21.3 Å². The van der Waals surface area contributed by atoms with Crippen molar-refractivity contribution < 1.29 is 32.7 Å². The summed E-state index contributed by atoms with van der Waals surface area (Å²) in [7, 11) is 4.47. The van der Waals surface area contributed by atoms with Gasteiger partial charge in [0.05, 0.1) is 0 Å². The van der Waals surface area contributed by atoms with Crippen LogP contribution in [-0.2, 0) is 27.7 Å². The zero-order valence-electron chi connectivity index (χ0n) is 10.1. The Balaban J connectivity index is 4.28. The standard InChI is InChI=1S/C4H9N4O2.3CH3O.Ti/c1-2-3-7(4(5)6)8(9)10;3*1-2;/h1-3H2,(H3,5,6);3*1H3;/q;3*-1;+3. The van der Waals surface area contributed by atoms with E-state index in [9.17, 15) is 10.1 Å². The third-order valence-electron chi connectivity index (χ3n) is 2.26. The molecule has 0 fully saturated rings. The van der Waals surface area contributed by atoms with E-state index < -0.39 is 28.7 Å². The summed E-state index contributed by atoms with van der Waals surface area (Å²) in [5, 5.41) is 17.4. The summed E-state index contributed by atoms with van der Waals surface area (Å²) in [6, 6.07) is 0. The van der Waals surface area contributed by atoms with E-state index in [2.05, 4.69) is 0 Å². The van der Waals surface area contributed by atoms with Crippen molar-refractivity contribution in [1.82, 2.24) is 5.01 Å². The minimum atomic E-state index is -3.24. The van der Waals surface area contributed by atoms with Crippen LogP contribution in [0.3, 0.4) is 0 Å².